The van der Waals surface area contributed by atoms with Crippen LogP contribution in [-0.4, -0.2) is 38.7 Å². The van der Waals surface area contributed by atoms with Crippen LogP contribution in [0, 0.1) is 6.92 Å². The molecule has 3 rings (SSSR count). The molecule has 1 fully saturated rings. The number of aryl methyl sites for hydroxylation is 2. The first-order chi connectivity index (χ1) is 13.3. The first-order valence-corrected chi connectivity index (χ1v) is 10.1. The van der Waals surface area contributed by atoms with E-state index in [1.165, 1.54) is 5.56 Å². The van der Waals surface area contributed by atoms with Crippen molar-refractivity contribution in [3.05, 3.63) is 80.7 Å². The highest BCUT2D eigenvalue weighted by Crippen LogP contribution is 2.37. The van der Waals surface area contributed by atoms with Gasteiger partial charge in [-0.15, -0.1) is 0 Å². The maximum Gasteiger partial charge on any atom is 0.162 e. The van der Waals surface area contributed by atoms with Crippen LogP contribution in [0.25, 0.3) is 0 Å². The standard InChI is InChI=1S/C22H25BrO5/c1-3-13-4-6-14(7-5-13)9-15-10-16(12(2)8-17(15)23)22-21(27)20(26)19(25)18(11-24)28-22/h4-8,10-11,19-22,24-27H,3,9H2,1-2H3/b18-11+/t19-,20+,21-,22+/m1/s1. The van der Waals surface area contributed by atoms with Crippen LogP contribution in [0.3, 0.4) is 0 Å². The van der Waals surface area contributed by atoms with E-state index >= 15 is 0 Å². The number of ether oxygens (including phenoxy) is 1. The molecule has 5 nitrogen and oxygen atoms in total. The van der Waals surface area contributed by atoms with Gasteiger partial charge in [0.2, 0.25) is 0 Å². The lowest BCUT2D eigenvalue weighted by Gasteiger charge is -2.37. The van der Waals surface area contributed by atoms with Crippen molar-refractivity contribution in [2.75, 3.05) is 0 Å². The Balaban J connectivity index is 1.94. The van der Waals surface area contributed by atoms with Gasteiger partial charge < -0.3 is 25.2 Å². The predicted molar refractivity (Wildman–Crippen MR) is 110 cm³/mol. The van der Waals surface area contributed by atoms with Gasteiger partial charge >= 0.3 is 0 Å². The minimum absolute atomic E-state index is 0.165. The molecule has 1 heterocycles. The SMILES string of the molecule is CCc1ccc(Cc2cc([C@@H]3O/C(=C/O)[C@@H](O)[C@H](O)[C@H]3O)c(C)cc2Br)cc1. The molecular weight excluding hydrogens is 424 g/mol. The smallest absolute Gasteiger partial charge is 0.162 e. The molecule has 1 aliphatic rings. The van der Waals surface area contributed by atoms with Crippen molar-refractivity contribution in [3.63, 3.8) is 0 Å². The van der Waals surface area contributed by atoms with Gasteiger partial charge in [-0.2, -0.15) is 0 Å². The third-order valence-electron chi connectivity index (χ3n) is 5.23. The number of benzene rings is 2. The number of aliphatic hydroxyl groups excluding tert-OH is 4. The first kappa shape index (κ1) is 20.9. The molecule has 1 aliphatic heterocycles. The quantitative estimate of drug-likeness (QED) is 0.537. The van der Waals surface area contributed by atoms with Gasteiger partial charge in [-0.25, -0.2) is 0 Å². The fourth-order valence-corrected chi connectivity index (χ4v) is 4.06. The minimum Gasteiger partial charge on any atom is -0.512 e. The molecule has 6 heteroatoms. The Kier molecular flexibility index (Phi) is 6.45. The molecule has 28 heavy (non-hydrogen) atoms. The highest BCUT2D eigenvalue weighted by molar-refractivity contribution is 9.10. The van der Waals surface area contributed by atoms with Crippen LogP contribution in [0.4, 0.5) is 0 Å². The van der Waals surface area contributed by atoms with Gasteiger partial charge in [-0.05, 0) is 53.6 Å². The van der Waals surface area contributed by atoms with Crippen LogP contribution < -0.4 is 0 Å². The molecule has 150 valence electrons. The third kappa shape index (κ3) is 4.10. The molecule has 2 aromatic rings. The molecule has 0 radical (unpaired) electrons. The Morgan fingerprint density at radius 3 is 2.29 bits per heavy atom. The maximum absolute atomic E-state index is 10.5. The third-order valence-corrected chi connectivity index (χ3v) is 5.97. The summed E-state index contributed by atoms with van der Waals surface area (Å²) in [6, 6.07) is 12.3. The predicted octanol–water partition coefficient (Wildman–Crippen LogP) is 3.46. The average molecular weight is 449 g/mol. The highest BCUT2D eigenvalue weighted by Gasteiger charge is 2.42. The van der Waals surface area contributed by atoms with Crippen LogP contribution >= 0.6 is 15.9 Å². The highest BCUT2D eigenvalue weighted by atomic mass is 79.9. The van der Waals surface area contributed by atoms with Crippen LogP contribution in [0.1, 0.15) is 40.8 Å². The fraction of sp³-hybridized carbons (Fsp3) is 0.364. The Hall–Kier alpha value is -1.86. The van der Waals surface area contributed by atoms with Gasteiger partial charge in [0.05, 0.1) is 0 Å². The van der Waals surface area contributed by atoms with Crippen molar-refractivity contribution in [1.29, 1.82) is 0 Å². The second-order valence-electron chi connectivity index (χ2n) is 7.14. The maximum atomic E-state index is 10.5. The van der Waals surface area contributed by atoms with Gasteiger partial charge in [0.1, 0.15) is 24.6 Å². The van der Waals surface area contributed by atoms with Gasteiger partial charge in [-0.1, -0.05) is 53.2 Å². The van der Waals surface area contributed by atoms with Gasteiger partial charge in [0.25, 0.3) is 0 Å². The number of hydrogen-bond donors (Lipinski definition) is 4. The van der Waals surface area contributed by atoms with E-state index in [1.807, 2.05) is 19.1 Å². The molecule has 0 unspecified atom stereocenters. The van der Waals surface area contributed by atoms with Crippen molar-refractivity contribution >= 4 is 15.9 Å². The summed E-state index contributed by atoms with van der Waals surface area (Å²) in [4.78, 5) is 0. The lowest BCUT2D eigenvalue weighted by Crippen LogP contribution is -2.48. The molecule has 0 aromatic heterocycles. The Morgan fingerprint density at radius 2 is 1.68 bits per heavy atom. The molecule has 0 spiro atoms. The van der Waals surface area contributed by atoms with Gasteiger partial charge in [0, 0.05) is 4.47 Å². The van der Waals surface area contributed by atoms with E-state index in [2.05, 4.69) is 47.1 Å². The summed E-state index contributed by atoms with van der Waals surface area (Å²) in [6.07, 6.45) is -2.84. The number of aliphatic hydroxyl groups is 4. The molecule has 4 N–H and O–H groups in total. The van der Waals surface area contributed by atoms with Crippen molar-refractivity contribution < 1.29 is 25.2 Å². The van der Waals surface area contributed by atoms with Gasteiger partial charge in [-0.3, -0.25) is 0 Å². The normalized spacial score (nSPS) is 26.3. The van der Waals surface area contributed by atoms with Crippen molar-refractivity contribution in [2.24, 2.45) is 0 Å². The Morgan fingerprint density at radius 1 is 1.04 bits per heavy atom. The van der Waals surface area contributed by atoms with E-state index < -0.39 is 24.4 Å². The largest absolute Gasteiger partial charge is 0.512 e. The second kappa shape index (κ2) is 8.66. The molecule has 0 bridgehead atoms. The van der Waals surface area contributed by atoms with Crippen molar-refractivity contribution in [1.82, 2.24) is 0 Å². The fourth-order valence-electron chi connectivity index (χ4n) is 3.47. The van der Waals surface area contributed by atoms with Crippen LogP contribution in [0.15, 0.2) is 52.9 Å². The topological polar surface area (TPSA) is 90.2 Å². The van der Waals surface area contributed by atoms with Crippen molar-refractivity contribution in [3.8, 4) is 0 Å². The molecule has 2 aromatic carbocycles. The monoisotopic (exact) mass is 448 g/mol. The van der Waals surface area contributed by atoms with Crippen molar-refractivity contribution in [2.45, 2.75) is 51.1 Å². The zero-order chi connectivity index (χ0) is 20.4. The second-order valence-corrected chi connectivity index (χ2v) is 8.00. The first-order valence-electron chi connectivity index (χ1n) is 9.27. The Labute approximate surface area is 173 Å². The molecule has 0 aliphatic carbocycles. The van der Waals surface area contributed by atoms with E-state index in [4.69, 9.17) is 4.74 Å². The summed E-state index contributed by atoms with van der Waals surface area (Å²) in [6.45, 7) is 4.00. The van der Waals surface area contributed by atoms with Crippen LogP contribution in [0.5, 0.6) is 0 Å². The Bertz CT molecular complexity index is 862. The number of rotatable bonds is 4. The summed E-state index contributed by atoms with van der Waals surface area (Å²) in [7, 11) is 0. The zero-order valence-corrected chi connectivity index (χ0v) is 17.4. The molecular formula is C22H25BrO5. The average Bonchev–Trinajstić information content (AvgIpc) is 2.69. The lowest BCUT2D eigenvalue weighted by atomic mass is 9.89. The van der Waals surface area contributed by atoms with Gasteiger partial charge in [0.15, 0.2) is 11.9 Å². The van der Waals surface area contributed by atoms with Crippen LogP contribution in [0.2, 0.25) is 0 Å². The van der Waals surface area contributed by atoms with E-state index in [9.17, 15) is 20.4 Å². The summed E-state index contributed by atoms with van der Waals surface area (Å²) in [5.74, 6) is -0.165. The zero-order valence-electron chi connectivity index (χ0n) is 15.8. The van der Waals surface area contributed by atoms with E-state index in [0.29, 0.717) is 18.2 Å². The summed E-state index contributed by atoms with van der Waals surface area (Å²) in [5.41, 5.74) is 5.00. The van der Waals surface area contributed by atoms with E-state index in [1.54, 1.807) is 0 Å². The van der Waals surface area contributed by atoms with E-state index in [-0.39, 0.29) is 5.76 Å². The number of hydrogen-bond acceptors (Lipinski definition) is 5. The molecule has 1 saturated heterocycles. The molecule has 0 saturated carbocycles. The lowest BCUT2D eigenvalue weighted by molar-refractivity contribution is -0.159. The number of halogens is 1. The van der Waals surface area contributed by atoms with Crippen LogP contribution in [-0.2, 0) is 17.6 Å². The summed E-state index contributed by atoms with van der Waals surface area (Å²) >= 11 is 3.61. The molecule has 4 atom stereocenters. The van der Waals surface area contributed by atoms with E-state index in [0.717, 1.165) is 27.6 Å². The summed E-state index contributed by atoms with van der Waals surface area (Å²) < 4.78 is 6.55. The minimum atomic E-state index is -1.47. The summed E-state index contributed by atoms with van der Waals surface area (Å²) in [5, 5.41) is 39.8. The molecule has 0 amide bonds.